The molecule has 2 heterocycles. The lowest BCUT2D eigenvalue weighted by molar-refractivity contribution is 0.671. The summed E-state index contributed by atoms with van der Waals surface area (Å²) < 4.78 is 3.20. The lowest BCUT2D eigenvalue weighted by Gasteiger charge is -2.10. The number of hydrogen-bond donors (Lipinski definition) is 1. The van der Waals surface area contributed by atoms with Crippen molar-refractivity contribution in [2.45, 2.75) is 6.54 Å². The molecule has 0 aliphatic rings. The Bertz CT molecular complexity index is 769. The van der Waals surface area contributed by atoms with Crippen LogP contribution in [0.15, 0.2) is 32.5 Å². The van der Waals surface area contributed by atoms with Crippen LogP contribution in [0.5, 0.6) is 0 Å². The number of aromatic nitrogens is 3. The summed E-state index contributed by atoms with van der Waals surface area (Å²) in [6.07, 6.45) is 3.09. The van der Waals surface area contributed by atoms with Gasteiger partial charge in [-0.15, -0.1) is 0 Å². The zero-order chi connectivity index (χ0) is 14.9. The maximum absolute atomic E-state index is 12.0. The van der Waals surface area contributed by atoms with Gasteiger partial charge in [0.1, 0.15) is 0 Å². The second-order valence-electron chi connectivity index (χ2n) is 4.26. The van der Waals surface area contributed by atoms with Gasteiger partial charge in [-0.25, -0.2) is 9.78 Å². The number of nitrogens with zero attached hydrogens (tertiary/aromatic N) is 3. The fourth-order valence-electron chi connectivity index (χ4n) is 1.74. The summed E-state index contributed by atoms with van der Waals surface area (Å²) >= 11 is 9.25. The number of halogens is 2. The van der Waals surface area contributed by atoms with Crippen molar-refractivity contribution in [1.82, 2.24) is 14.1 Å². The zero-order valence-corrected chi connectivity index (χ0v) is 13.2. The molecule has 2 aromatic heterocycles. The highest BCUT2D eigenvalue weighted by Crippen LogP contribution is 2.23. The second kappa shape index (κ2) is 5.80. The molecule has 0 radical (unpaired) electrons. The molecule has 0 unspecified atom stereocenters. The number of hydrogen-bond acceptors (Lipinski definition) is 4. The Balaban J connectivity index is 2.30. The molecule has 20 heavy (non-hydrogen) atoms. The number of nitrogens with one attached hydrogen (secondary N) is 1. The predicted molar refractivity (Wildman–Crippen MR) is 81.2 cm³/mol. The van der Waals surface area contributed by atoms with E-state index < -0.39 is 0 Å². The van der Waals surface area contributed by atoms with E-state index in [0.717, 1.165) is 9.04 Å². The van der Waals surface area contributed by atoms with Crippen molar-refractivity contribution < 1.29 is 0 Å². The van der Waals surface area contributed by atoms with E-state index in [2.05, 4.69) is 26.2 Å². The molecular weight excluding hydrogens is 348 g/mol. The van der Waals surface area contributed by atoms with Gasteiger partial charge in [0.05, 0.1) is 11.3 Å². The monoisotopic (exact) mass is 358 g/mol. The van der Waals surface area contributed by atoms with Gasteiger partial charge in [0, 0.05) is 37.5 Å². The molecule has 0 atom stereocenters. The van der Waals surface area contributed by atoms with Crippen molar-refractivity contribution in [3.05, 3.63) is 54.5 Å². The molecule has 6 nitrogen and oxygen atoms in total. The third kappa shape index (κ3) is 2.94. The molecule has 0 aromatic carbocycles. The summed E-state index contributed by atoms with van der Waals surface area (Å²) in [5.74, 6) is 0. The first kappa shape index (κ1) is 14.8. The van der Waals surface area contributed by atoms with E-state index in [1.54, 1.807) is 19.3 Å². The normalized spacial score (nSPS) is 10.6. The first-order valence-corrected chi connectivity index (χ1v) is 6.87. The van der Waals surface area contributed by atoms with Crippen molar-refractivity contribution in [1.29, 1.82) is 0 Å². The number of pyridine rings is 1. The fraction of sp³-hybridized carbons (Fsp3) is 0.250. The Kier molecular flexibility index (Phi) is 4.29. The van der Waals surface area contributed by atoms with Crippen molar-refractivity contribution >= 4 is 33.2 Å². The highest BCUT2D eigenvalue weighted by Gasteiger charge is 2.08. The van der Waals surface area contributed by atoms with E-state index in [1.807, 2.05) is 0 Å². The van der Waals surface area contributed by atoms with Crippen LogP contribution in [0.4, 0.5) is 5.69 Å². The lowest BCUT2D eigenvalue weighted by atomic mass is 10.3. The number of aryl methyl sites for hydroxylation is 1. The topological polar surface area (TPSA) is 68.9 Å². The van der Waals surface area contributed by atoms with Crippen LogP contribution in [0.25, 0.3) is 0 Å². The summed E-state index contributed by atoms with van der Waals surface area (Å²) in [6.45, 7) is 0.249. The van der Waals surface area contributed by atoms with E-state index in [-0.39, 0.29) is 17.8 Å². The first-order valence-electron chi connectivity index (χ1n) is 5.70. The Morgan fingerprint density at radius 3 is 2.80 bits per heavy atom. The van der Waals surface area contributed by atoms with Gasteiger partial charge in [0.25, 0.3) is 5.56 Å². The zero-order valence-electron chi connectivity index (χ0n) is 10.9. The molecule has 0 saturated carbocycles. The van der Waals surface area contributed by atoms with E-state index in [1.165, 1.54) is 17.8 Å². The third-order valence-corrected chi connectivity index (χ3v) is 3.53. The minimum atomic E-state index is -0.360. The van der Waals surface area contributed by atoms with Crippen LogP contribution in [-0.4, -0.2) is 14.1 Å². The molecule has 2 rings (SSSR count). The van der Waals surface area contributed by atoms with Crippen molar-refractivity contribution in [2.75, 3.05) is 5.32 Å². The molecule has 0 fully saturated rings. The summed E-state index contributed by atoms with van der Waals surface area (Å²) in [7, 11) is 3.04. The van der Waals surface area contributed by atoms with Crippen molar-refractivity contribution in [3.63, 3.8) is 0 Å². The van der Waals surface area contributed by atoms with Gasteiger partial charge in [-0.2, -0.15) is 0 Å². The number of anilines is 1. The Morgan fingerprint density at radius 2 is 2.10 bits per heavy atom. The van der Waals surface area contributed by atoms with E-state index in [0.29, 0.717) is 16.4 Å². The highest BCUT2D eigenvalue weighted by atomic mass is 79.9. The third-order valence-electron chi connectivity index (χ3n) is 2.79. The molecule has 2 aromatic rings. The summed E-state index contributed by atoms with van der Waals surface area (Å²) in [5, 5.41) is 3.35. The Morgan fingerprint density at radius 1 is 1.40 bits per heavy atom. The van der Waals surface area contributed by atoms with Crippen LogP contribution in [0.2, 0.25) is 5.15 Å². The van der Waals surface area contributed by atoms with Crippen molar-refractivity contribution in [2.24, 2.45) is 14.1 Å². The van der Waals surface area contributed by atoms with E-state index in [9.17, 15) is 9.59 Å². The molecular formula is C12H12BrClN4O2. The molecule has 0 saturated heterocycles. The maximum atomic E-state index is 12.0. The molecule has 8 heteroatoms. The molecule has 1 N–H and O–H groups in total. The van der Waals surface area contributed by atoms with Crippen LogP contribution < -0.4 is 16.6 Å². The average Bonchev–Trinajstić information content (AvgIpc) is 2.42. The Hall–Kier alpha value is -1.60. The predicted octanol–water partition coefficient (Wildman–Crippen LogP) is 1.51. The Labute approximate surface area is 128 Å². The largest absolute Gasteiger partial charge is 0.378 e. The van der Waals surface area contributed by atoms with Gasteiger partial charge >= 0.3 is 5.69 Å². The number of rotatable bonds is 3. The SMILES string of the molecule is Cn1cc(CNc2cc(Br)cnc2Cl)c(=O)n(C)c1=O. The van der Waals surface area contributed by atoms with Gasteiger partial charge in [-0.1, -0.05) is 11.6 Å². The van der Waals surface area contributed by atoms with E-state index >= 15 is 0 Å². The van der Waals surface area contributed by atoms with E-state index in [4.69, 9.17) is 11.6 Å². The summed E-state index contributed by atoms with van der Waals surface area (Å²) in [4.78, 5) is 27.5. The lowest BCUT2D eigenvalue weighted by Crippen LogP contribution is -2.38. The summed E-state index contributed by atoms with van der Waals surface area (Å²) in [6, 6.07) is 1.77. The standard InChI is InChI=1S/C12H12BrClN4O2/c1-17-6-7(11(19)18(2)12(17)20)4-15-9-3-8(13)5-16-10(9)14/h3,5-6,15H,4H2,1-2H3. The maximum Gasteiger partial charge on any atom is 0.330 e. The highest BCUT2D eigenvalue weighted by molar-refractivity contribution is 9.10. The van der Waals surface area contributed by atoms with Gasteiger partial charge in [-0.05, 0) is 22.0 Å². The molecule has 0 spiro atoms. The van der Waals surface area contributed by atoms with Crippen molar-refractivity contribution in [3.8, 4) is 0 Å². The fourth-order valence-corrected chi connectivity index (χ4v) is 2.24. The van der Waals surface area contributed by atoms with Crippen LogP contribution in [0.1, 0.15) is 5.56 Å². The second-order valence-corrected chi connectivity index (χ2v) is 5.53. The molecule has 0 bridgehead atoms. The van der Waals surface area contributed by atoms with Gasteiger partial charge in [0.15, 0.2) is 5.15 Å². The molecule has 106 valence electrons. The molecule has 0 amide bonds. The van der Waals surface area contributed by atoms with Crippen LogP contribution in [-0.2, 0) is 20.6 Å². The average molecular weight is 360 g/mol. The minimum Gasteiger partial charge on any atom is -0.378 e. The van der Waals surface area contributed by atoms with Gasteiger partial charge in [-0.3, -0.25) is 9.36 Å². The van der Waals surface area contributed by atoms with Crippen LogP contribution >= 0.6 is 27.5 Å². The van der Waals surface area contributed by atoms with Crippen LogP contribution in [0.3, 0.4) is 0 Å². The summed E-state index contributed by atoms with van der Waals surface area (Å²) in [5.41, 5.74) is 0.378. The van der Waals surface area contributed by atoms with Gasteiger partial charge < -0.3 is 9.88 Å². The van der Waals surface area contributed by atoms with Crippen LogP contribution in [0, 0.1) is 0 Å². The van der Waals surface area contributed by atoms with Gasteiger partial charge in [0.2, 0.25) is 0 Å². The minimum absolute atomic E-state index is 0.249. The molecule has 0 aliphatic carbocycles. The quantitative estimate of drug-likeness (QED) is 0.844. The molecule has 0 aliphatic heterocycles. The smallest absolute Gasteiger partial charge is 0.330 e. The first-order chi connectivity index (χ1) is 9.40.